The number of anilines is 2. The first-order valence-electron chi connectivity index (χ1n) is 10.2. The van der Waals surface area contributed by atoms with Gasteiger partial charge in [-0.25, -0.2) is 0 Å². The Labute approximate surface area is 173 Å². The minimum atomic E-state index is -0.0167. The lowest BCUT2D eigenvalue weighted by atomic mass is 9.92. The van der Waals surface area contributed by atoms with Crippen molar-refractivity contribution >= 4 is 29.0 Å². The van der Waals surface area contributed by atoms with Gasteiger partial charge in [0.2, 0.25) is 5.91 Å². The largest absolute Gasteiger partial charge is 0.367 e. The highest BCUT2D eigenvalue weighted by Gasteiger charge is 2.21. The van der Waals surface area contributed by atoms with E-state index in [1.807, 2.05) is 0 Å². The van der Waals surface area contributed by atoms with E-state index in [1.165, 1.54) is 21.7 Å². The third kappa shape index (κ3) is 5.11. The first kappa shape index (κ1) is 20.8. The van der Waals surface area contributed by atoms with E-state index < -0.39 is 0 Å². The lowest BCUT2D eigenvalue weighted by molar-refractivity contribution is -0.117. The number of thioether (sulfide) groups is 1. The molecule has 1 amide bonds. The lowest BCUT2D eigenvalue weighted by Gasteiger charge is -2.32. The molecule has 0 unspecified atom stereocenters. The van der Waals surface area contributed by atoms with Crippen molar-refractivity contribution in [1.29, 1.82) is 0 Å². The van der Waals surface area contributed by atoms with Crippen molar-refractivity contribution in [3.8, 4) is 0 Å². The van der Waals surface area contributed by atoms with Crippen molar-refractivity contribution in [2.75, 3.05) is 22.5 Å². The molecule has 3 nitrogen and oxygen atoms in total. The van der Waals surface area contributed by atoms with Crippen molar-refractivity contribution in [2.24, 2.45) is 5.41 Å². The zero-order valence-electron chi connectivity index (χ0n) is 17.8. The van der Waals surface area contributed by atoms with Gasteiger partial charge in [0.15, 0.2) is 0 Å². The Kier molecular flexibility index (Phi) is 6.39. The van der Waals surface area contributed by atoms with E-state index in [-0.39, 0.29) is 11.3 Å². The second-order valence-electron chi connectivity index (χ2n) is 8.79. The number of hydrogen-bond donors (Lipinski definition) is 1. The van der Waals surface area contributed by atoms with Gasteiger partial charge in [-0.1, -0.05) is 52.0 Å². The monoisotopic (exact) mass is 396 g/mol. The zero-order chi connectivity index (χ0) is 20.3. The van der Waals surface area contributed by atoms with Gasteiger partial charge in [-0.15, -0.1) is 11.8 Å². The van der Waals surface area contributed by atoms with Crippen LogP contribution in [0.25, 0.3) is 0 Å². The summed E-state index contributed by atoms with van der Waals surface area (Å²) in [5.74, 6) is 1.07. The summed E-state index contributed by atoms with van der Waals surface area (Å²) in [6.45, 7) is 12.5. The van der Waals surface area contributed by atoms with Gasteiger partial charge in [0.25, 0.3) is 0 Å². The predicted molar refractivity (Wildman–Crippen MR) is 121 cm³/mol. The summed E-state index contributed by atoms with van der Waals surface area (Å²) in [6, 6.07) is 13.2. The van der Waals surface area contributed by atoms with Gasteiger partial charge in [-0.3, -0.25) is 4.79 Å². The molecule has 1 aliphatic rings. The number of benzene rings is 2. The maximum absolute atomic E-state index is 12.5. The quantitative estimate of drug-likeness (QED) is 0.625. The summed E-state index contributed by atoms with van der Waals surface area (Å²) >= 11 is 1.80. The molecule has 0 spiro atoms. The number of hydrogen-bond acceptors (Lipinski definition) is 3. The van der Waals surface area contributed by atoms with E-state index >= 15 is 0 Å². The van der Waals surface area contributed by atoms with Crippen LogP contribution in [0.15, 0.2) is 41.3 Å². The average molecular weight is 397 g/mol. The van der Waals surface area contributed by atoms with Crippen molar-refractivity contribution in [3.63, 3.8) is 0 Å². The van der Waals surface area contributed by atoms with Crippen LogP contribution in [0.1, 0.15) is 50.8 Å². The summed E-state index contributed by atoms with van der Waals surface area (Å²) in [6.07, 6.45) is 1.60. The van der Waals surface area contributed by atoms with E-state index in [1.54, 1.807) is 11.8 Å². The molecule has 2 aromatic carbocycles. The Hall–Kier alpha value is -1.94. The molecule has 0 radical (unpaired) electrons. The predicted octanol–water partition coefficient (Wildman–Crippen LogP) is 6.04. The van der Waals surface area contributed by atoms with Gasteiger partial charge in [0, 0.05) is 30.1 Å². The maximum atomic E-state index is 12.5. The highest BCUT2D eigenvalue weighted by molar-refractivity contribution is 7.99. The molecule has 1 heterocycles. The van der Waals surface area contributed by atoms with Crippen molar-refractivity contribution in [3.05, 3.63) is 53.1 Å². The number of nitrogens with zero attached hydrogens (tertiary/aromatic N) is 1. The second-order valence-corrected chi connectivity index (χ2v) is 10.1. The zero-order valence-corrected chi connectivity index (χ0v) is 18.6. The molecule has 0 saturated heterocycles. The molecule has 0 bridgehead atoms. The third-order valence-electron chi connectivity index (χ3n) is 5.04. The molecule has 0 aromatic heterocycles. The van der Waals surface area contributed by atoms with Crippen LogP contribution in [0, 0.1) is 12.3 Å². The van der Waals surface area contributed by atoms with Crippen LogP contribution in [0.3, 0.4) is 0 Å². The van der Waals surface area contributed by atoms with E-state index in [9.17, 15) is 4.79 Å². The molecule has 4 heteroatoms. The van der Waals surface area contributed by atoms with E-state index in [2.05, 4.69) is 81.2 Å². The Morgan fingerprint density at radius 3 is 2.57 bits per heavy atom. The van der Waals surface area contributed by atoms with Crippen LogP contribution in [0.5, 0.6) is 0 Å². The van der Waals surface area contributed by atoms with Crippen molar-refractivity contribution < 1.29 is 4.79 Å². The Bertz CT molecular complexity index is 854. The summed E-state index contributed by atoms with van der Waals surface area (Å²) < 4.78 is 0. The topological polar surface area (TPSA) is 32.3 Å². The Morgan fingerprint density at radius 2 is 1.89 bits per heavy atom. The van der Waals surface area contributed by atoms with E-state index in [0.717, 1.165) is 36.5 Å². The molecule has 150 valence electrons. The number of aryl methyl sites for hydroxylation is 1. The summed E-state index contributed by atoms with van der Waals surface area (Å²) in [4.78, 5) is 16.1. The van der Waals surface area contributed by atoms with Crippen LogP contribution in [-0.2, 0) is 17.8 Å². The fourth-order valence-corrected chi connectivity index (χ4v) is 4.60. The maximum Gasteiger partial charge on any atom is 0.224 e. The molecule has 1 N–H and O–H groups in total. The standard InChI is InChI=1S/C24H32N2OS/c1-6-28-21-14-20(26-12-11-18-9-7-8-10-19(18)16-26)13-17(2)23(21)25-22(27)15-24(3,4)5/h7-10,13-14H,6,11-12,15-16H2,1-5H3,(H,25,27). The number of rotatable bonds is 5. The minimum absolute atomic E-state index is 0.0167. The smallest absolute Gasteiger partial charge is 0.224 e. The number of amides is 1. The van der Waals surface area contributed by atoms with E-state index in [0.29, 0.717) is 6.42 Å². The summed E-state index contributed by atoms with van der Waals surface area (Å²) in [5.41, 5.74) is 6.22. The highest BCUT2D eigenvalue weighted by Crippen LogP contribution is 2.36. The summed E-state index contributed by atoms with van der Waals surface area (Å²) in [7, 11) is 0. The Morgan fingerprint density at radius 1 is 1.18 bits per heavy atom. The molecule has 0 saturated carbocycles. The third-order valence-corrected chi connectivity index (χ3v) is 5.96. The fourth-order valence-electron chi connectivity index (χ4n) is 3.73. The van der Waals surface area contributed by atoms with E-state index in [4.69, 9.17) is 0 Å². The van der Waals surface area contributed by atoms with Gasteiger partial charge in [-0.05, 0) is 53.3 Å². The molecule has 0 atom stereocenters. The van der Waals surface area contributed by atoms with Gasteiger partial charge in [0.05, 0.1) is 5.69 Å². The molecule has 0 aliphatic carbocycles. The van der Waals surface area contributed by atoms with Crippen LogP contribution < -0.4 is 10.2 Å². The molecule has 28 heavy (non-hydrogen) atoms. The van der Waals surface area contributed by atoms with Crippen LogP contribution >= 0.6 is 11.8 Å². The average Bonchev–Trinajstić information content (AvgIpc) is 2.62. The normalized spacial score (nSPS) is 14.0. The second kappa shape index (κ2) is 8.60. The van der Waals surface area contributed by atoms with Gasteiger partial charge in [0.1, 0.15) is 0 Å². The van der Waals surface area contributed by atoms with Gasteiger partial charge in [-0.2, -0.15) is 0 Å². The number of carbonyl (C=O) groups is 1. The molecule has 1 aliphatic heterocycles. The molecule has 3 rings (SSSR count). The lowest BCUT2D eigenvalue weighted by Crippen LogP contribution is -2.30. The SMILES string of the molecule is CCSc1cc(N2CCc3ccccc3C2)cc(C)c1NC(=O)CC(C)(C)C. The first-order valence-corrected chi connectivity index (χ1v) is 11.1. The van der Waals surface area contributed by atoms with Crippen LogP contribution in [-0.4, -0.2) is 18.2 Å². The minimum Gasteiger partial charge on any atom is -0.367 e. The molecular weight excluding hydrogens is 364 g/mol. The first-order chi connectivity index (χ1) is 13.3. The fraction of sp³-hybridized carbons (Fsp3) is 0.458. The van der Waals surface area contributed by atoms with Crippen LogP contribution in [0.4, 0.5) is 11.4 Å². The van der Waals surface area contributed by atoms with Crippen molar-refractivity contribution in [1.82, 2.24) is 0 Å². The van der Waals surface area contributed by atoms with Gasteiger partial charge < -0.3 is 10.2 Å². The molecule has 0 fully saturated rings. The number of nitrogens with one attached hydrogen (secondary N) is 1. The number of carbonyl (C=O) groups excluding carboxylic acids is 1. The van der Waals surface area contributed by atoms with Gasteiger partial charge >= 0.3 is 0 Å². The summed E-state index contributed by atoms with van der Waals surface area (Å²) in [5, 5.41) is 3.19. The van der Waals surface area contributed by atoms with Crippen LogP contribution in [0.2, 0.25) is 0 Å². The molecular formula is C24H32N2OS. The highest BCUT2D eigenvalue weighted by atomic mass is 32.2. The number of fused-ring (bicyclic) bond motifs is 1. The van der Waals surface area contributed by atoms with Crippen molar-refractivity contribution in [2.45, 2.75) is 58.9 Å². The Balaban J connectivity index is 1.86. The molecule has 2 aromatic rings.